The molecule has 0 unspecified atom stereocenters. The number of quaternary nitrogens is 1. The quantitative estimate of drug-likeness (QED) is 0.767. The smallest absolute Gasteiger partial charge is 0.227 e. The topological polar surface area (TPSA) is 42.8 Å². The molecule has 0 aromatic heterocycles. The van der Waals surface area contributed by atoms with Crippen molar-refractivity contribution in [2.45, 2.75) is 33.4 Å². The van der Waals surface area contributed by atoms with Crippen LogP contribution in [0.15, 0.2) is 42.5 Å². The summed E-state index contributed by atoms with van der Waals surface area (Å²) in [6.07, 6.45) is 0.660. The van der Waals surface area contributed by atoms with Gasteiger partial charge in [0.2, 0.25) is 5.91 Å². The van der Waals surface area contributed by atoms with Crippen LogP contribution in [0.4, 0.5) is 0 Å². The average molecular weight is 388 g/mol. The van der Waals surface area contributed by atoms with Crippen LogP contribution in [0, 0.1) is 5.92 Å². The van der Waals surface area contributed by atoms with Crippen LogP contribution in [0.1, 0.15) is 30.5 Å². The van der Waals surface area contributed by atoms with Gasteiger partial charge in [-0.25, -0.2) is 0 Å². The molecule has 0 bridgehead atoms. The van der Waals surface area contributed by atoms with Gasteiger partial charge in [-0.05, 0) is 49.6 Å². The molecule has 5 heteroatoms. The van der Waals surface area contributed by atoms with Gasteiger partial charge in [0.05, 0.1) is 19.0 Å². The number of carbonyl (C=O) groups excluding carboxylic acids is 1. The summed E-state index contributed by atoms with van der Waals surface area (Å²) in [5.74, 6) is 0.674. The van der Waals surface area contributed by atoms with Crippen molar-refractivity contribution in [3.63, 3.8) is 0 Å². The number of hydrogen-bond donors (Lipinski definition) is 2. The maximum atomic E-state index is 12.5. The standard InChI is InChI=1S/C22H27ClN2O2/c1-3-25(4-2)14-17-7-5-16(6-8-17)13-24-22(26)19-11-18-12-20(23)9-10-21(18)27-15-19/h5-10,12,19H,3-4,11,13-15H2,1-2H3,(H,24,26)/p+1/t19-/m1/s1. The number of fused-ring (bicyclic) bond motifs is 1. The molecule has 2 aromatic carbocycles. The van der Waals surface area contributed by atoms with Crippen molar-refractivity contribution in [2.24, 2.45) is 5.92 Å². The molecular weight excluding hydrogens is 360 g/mol. The molecule has 0 aliphatic carbocycles. The van der Waals surface area contributed by atoms with Gasteiger partial charge in [-0.15, -0.1) is 0 Å². The number of amides is 1. The van der Waals surface area contributed by atoms with Crippen LogP contribution in [0.2, 0.25) is 5.02 Å². The first kappa shape index (κ1) is 19.7. The van der Waals surface area contributed by atoms with E-state index in [1.165, 1.54) is 5.56 Å². The zero-order chi connectivity index (χ0) is 19.2. The molecule has 1 aliphatic heterocycles. The first-order valence-electron chi connectivity index (χ1n) is 9.69. The minimum Gasteiger partial charge on any atom is -0.492 e. The van der Waals surface area contributed by atoms with Crippen molar-refractivity contribution in [3.05, 3.63) is 64.2 Å². The normalized spacial score (nSPS) is 15.9. The Morgan fingerprint density at radius 3 is 2.56 bits per heavy atom. The van der Waals surface area contributed by atoms with Crippen molar-refractivity contribution >= 4 is 17.5 Å². The lowest BCUT2D eigenvalue weighted by molar-refractivity contribution is -0.910. The second-order valence-corrected chi connectivity index (χ2v) is 7.57. The molecule has 27 heavy (non-hydrogen) atoms. The van der Waals surface area contributed by atoms with Crippen molar-refractivity contribution in [3.8, 4) is 5.75 Å². The third kappa shape index (κ3) is 5.24. The van der Waals surface area contributed by atoms with E-state index in [1.54, 1.807) is 4.90 Å². The number of benzene rings is 2. The Labute approximate surface area is 166 Å². The minimum absolute atomic E-state index is 0.0253. The lowest BCUT2D eigenvalue weighted by atomic mass is 9.96. The van der Waals surface area contributed by atoms with Gasteiger partial charge in [0, 0.05) is 17.1 Å². The summed E-state index contributed by atoms with van der Waals surface area (Å²) >= 11 is 6.05. The van der Waals surface area contributed by atoms with Gasteiger partial charge < -0.3 is 15.0 Å². The van der Waals surface area contributed by atoms with Gasteiger partial charge in [0.15, 0.2) is 0 Å². The Morgan fingerprint density at radius 2 is 1.85 bits per heavy atom. The SMILES string of the molecule is CC[NH+](CC)Cc1ccc(CNC(=O)[C@H]2COc3ccc(Cl)cc3C2)cc1. The molecule has 4 nitrogen and oxygen atoms in total. The van der Waals surface area contributed by atoms with E-state index in [2.05, 4.69) is 43.4 Å². The fourth-order valence-electron chi connectivity index (χ4n) is 3.43. The molecule has 144 valence electrons. The monoisotopic (exact) mass is 387 g/mol. The number of hydrogen-bond acceptors (Lipinski definition) is 2. The predicted molar refractivity (Wildman–Crippen MR) is 108 cm³/mol. The highest BCUT2D eigenvalue weighted by Crippen LogP contribution is 2.29. The van der Waals surface area contributed by atoms with Crippen molar-refractivity contribution in [1.29, 1.82) is 0 Å². The summed E-state index contributed by atoms with van der Waals surface area (Å²) in [6.45, 7) is 8.68. The number of rotatable bonds is 7. The van der Waals surface area contributed by atoms with Gasteiger partial charge in [-0.2, -0.15) is 0 Å². The number of ether oxygens (including phenoxy) is 1. The summed E-state index contributed by atoms with van der Waals surface area (Å²) in [6, 6.07) is 14.1. The van der Waals surface area contributed by atoms with E-state index in [0.29, 0.717) is 24.6 Å². The van der Waals surface area contributed by atoms with E-state index in [1.807, 2.05) is 18.2 Å². The maximum Gasteiger partial charge on any atom is 0.227 e. The zero-order valence-corrected chi connectivity index (χ0v) is 16.8. The fraction of sp³-hybridized carbons (Fsp3) is 0.409. The molecule has 3 rings (SSSR count). The van der Waals surface area contributed by atoms with E-state index in [4.69, 9.17) is 16.3 Å². The van der Waals surface area contributed by atoms with Crippen LogP contribution in [-0.4, -0.2) is 25.6 Å². The van der Waals surface area contributed by atoms with Crippen molar-refractivity contribution in [2.75, 3.05) is 19.7 Å². The Balaban J connectivity index is 1.52. The number of nitrogens with one attached hydrogen (secondary N) is 2. The van der Waals surface area contributed by atoms with Crippen LogP contribution in [0.25, 0.3) is 0 Å². The van der Waals surface area contributed by atoms with Gasteiger partial charge in [0.25, 0.3) is 0 Å². The molecule has 0 spiro atoms. The Hall–Kier alpha value is -2.04. The Kier molecular flexibility index (Phi) is 6.75. The number of halogens is 1. The van der Waals surface area contributed by atoms with Crippen molar-refractivity contribution in [1.82, 2.24) is 5.32 Å². The highest BCUT2D eigenvalue weighted by molar-refractivity contribution is 6.30. The summed E-state index contributed by atoms with van der Waals surface area (Å²) < 4.78 is 5.72. The van der Waals surface area contributed by atoms with E-state index in [-0.39, 0.29) is 11.8 Å². The molecular formula is C22H28ClN2O2+. The molecule has 0 saturated carbocycles. The molecule has 0 fully saturated rings. The zero-order valence-electron chi connectivity index (χ0n) is 16.1. The molecule has 0 saturated heterocycles. The third-order valence-electron chi connectivity index (χ3n) is 5.24. The maximum absolute atomic E-state index is 12.5. The van der Waals surface area contributed by atoms with E-state index >= 15 is 0 Å². The van der Waals surface area contributed by atoms with Crippen LogP contribution < -0.4 is 15.0 Å². The first-order chi connectivity index (χ1) is 13.1. The molecule has 1 atom stereocenters. The van der Waals surface area contributed by atoms with Crippen LogP contribution in [-0.2, 0) is 24.3 Å². The van der Waals surface area contributed by atoms with Gasteiger partial charge in [0.1, 0.15) is 18.9 Å². The predicted octanol–water partition coefficient (Wildman–Crippen LogP) is 2.63. The van der Waals surface area contributed by atoms with Crippen molar-refractivity contribution < 1.29 is 14.4 Å². The fourth-order valence-corrected chi connectivity index (χ4v) is 3.62. The summed E-state index contributed by atoms with van der Waals surface area (Å²) in [5.41, 5.74) is 3.44. The molecule has 1 amide bonds. The van der Waals surface area contributed by atoms with Gasteiger partial charge >= 0.3 is 0 Å². The van der Waals surface area contributed by atoms with E-state index in [9.17, 15) is 4.79 Å². The Morgan fingerprint density at radius 1 is 1.15 bits per heavy atom. The van der Waals surface area contributed by atoms with Gasteiger partial charge in [-0.3, -0.25) is 4.79 Å². The molecule has 1 heterocycles. The highest BCUT2D eigenvalue weighted by Gasteiger charge is 2.26. The van der Waals surface area contributed by atoms with E-state index in [0.717, 1.165) is 36.5 Å². The minimum atomic E-state index is -0.179. The average Bonchev–Trinajstić information content (AvgIpc) is 2.70. The second kappa shape index (κ2) is 9.25. The van der Waals surface area contributed by atoms with Gasteiger partial charge in [-0.1, -0.05) is 35.9 Å². The summed E-state index contributed by atoms with van der Waals surface area (Å²) in [5, 5.41) is 3.71. The van der Waals surface area contributed by atoms with Crippen LogP contribution in [0.3, 0.4) is 0 Å². The number of carbonyl (C=O) groups is 1. The summed E-state index contributed by atoms with van der Waals surface area (Å²) in [4.78, 5) is 14.1. The van der Waals surface area contributed by atoms with Crippen LogP contribution in [0.5, 0.6) is 5.75 Å². The highest BCUT2D eigenvalue weighted by atomic mass is 35.5. The molecule has 2 aromatic rings. The summed E-state index contributed by atoms with van der Waals surface area (Å²) in [7, 11) is 0. The molecule has 0 radical (unpaired) electrons. The van der Waals surface area contributed by atoms with E-state index < -0.39 is 0 Å². The molecule has 1 aliphatic rings. The lowest BCUT2D eigenvalue weighted by Crippen LogP contribution is -3.10. The third-order valence-corrected chi connectivity index (χ3v) is 5.48. The van der Waals surface area contributed by atoms with Crippen LogP contribution >= 0.6 is 11.6 Å². The Bertz CT molecular complexity index is 772. The second-order valence-electron chi connectivity index (χ2n) is 7.13. The molecule has 2 N–H and O–H groups in total. The first-order valence-corrected chi connectivity index (χ1v) is 10.1. The lowest BCUT2D eigenvalue weighted by Gasteiger charge is -2.24. The largest absolute Gasteiger partial charge is 0.492 e.